The van der Waals surface area contributed by atoms with Crippen LogP contribution in [0.25, 0.3) is 0 Å². The Balaban J connectivity index is 2.33. The molecule has 8 heteroatoms. The van der Waals surface area contributed by atoms with Crippen LogP contribution in [0.15, 0.2) is 22.7 Å². The van der Waals surface area contributed by atoms with E-state index in [1.807, 2.05) is 6.92 Å². The molecule has 2 N–H and O–H groups in total. The minimum Gasteiger partial charge on any atom is -0.491 e. The van der Waals surface area contributed by atoms with Crippen molar-refractivity contribution in [3.8, 4) is 11.6 Å². The van der Waals surface area contributed by atoms with Gasteiger partial charge in [0.2, 0.25) is 5.75 Å². The van der Waals surface area contributed by atoms with Gasteiger partial charge in [-0.25, -0.2) is 9.78 Å². The number of halogens is 2. The summed E-state index contributed by atoms with van der Waals surface area (Å²) in [4.78, 5) is 19.4. The summed E-state index contributed by atoms with van der Waals surface area (Å²) >= 11 is 9.28. The zero-order valence-corrected chi connectivity index (χ0v) is 15.3. The highest BCUT2D eigenvalue weighted by Crippen LogP contribution is 2.29. The van der Waals surface area contributed by atoms with Crippen molar-refractivity contribution in [2.24, 2.45) is 0 Å². The van der Waals surface area contributed by atoms with Gasteiger partial charge < -0.3 is 14.9 Å². The molecule has 0 unspecified atom stereocenters. The molecule has 1 heterocycles. The topological polar surface area (TPSA) is 92.5 Å². The SMILES string of the molecule is CCCCOc1c(O)nc(Cc2ccc(Cl)cc2Br)nc1C(=O)O. The highest BCUT2D eigenvalue weighted by atomic mass is 79.9. The van der Waals surface area contributed by atoms with E-state index in [1.165, 1.54) is 0 Å². The number of hydrogen-bond acceptors (Lipinski definition) is 5. The molecular formula is C16H16BrClN2O4. The summed E-state index contributed by atoms with van der Waals surface area (Å²) in [5.74, 6) is -1.78. The number of aromatic nitrogens is 2. The van der Waals surface area contributed by atoms with Crippen molar-refractivity contribution in [3.63, 3.8) is 0 Å². The lowest BCUT2D eigenvalue weighted by atomic mass is 10.1. The molecule has 0 aliphatic rings. The van der Waals surface area contributed by atoms with Crippen molar-refractivity contribution in [2.75, 3.05) is 6.61 Å². The maximum atomic E-state index is 11.4. The number of hydrogen-bond donors (Lipinski definition) is 2. The Bertz CT molecular complexity index is 755. The number of rotatable bonds is 7. The largest absolute Gasteiger partial charge is 0.491 e. The molecule has 0 saturated heterocycles. The molecule has 0 atom stereocenters. The zero-order chi connectivity index (χ0) is 17.7. The van der Waals surface area contributed by atoms with Gasteiger partial charge in [-0.1, -0.05) is 46.9 Å². The second-order valence-corrected chi connectivity index (χ2v) is 6.35. The van der Waals surface area contributed by atoms with Crippen molar-refractivity contribution in [1.82, 2.24) is 9.97 Å². The predicted octanol–water partition coefficient (Wildman–Crippen LogP) is 4.07. The van der Waals surface area contributed by atoms with Crippen molar-refractivity contribution in [3.05, 3.63) is 44.8 Å². The third kappa shape index (κ3) is 4.58. The Labute approximate surface area is 152 Å². The predicted molar refractivity (Wildman–Crippen MR) is 93.0 cm³/mol. The monoisotopic (exact) mass is 414 g/mol. The van der Waals surface area contributed by atoms with Crippen LogP contribution >= 0.6 is 27.5 Å². The van der Waals surface area contributed by atoms with E-state index in [9.17, 15) is 15.0 Å². The molecule has 6 nitrogen and oxygen atoms in total. The molecule has 0 spiro atoms. The van der Waals surface area contributed by atoms with E-state index in [4.69, 9.17) is 16.3 Å². The minimum atomic E-state index is -1.28. The number of benzene rings is 1. The van der Waals surface area contributed by atoms with Gasteiger partial charge >= 0.3 is 5.97 Å². The van der Waals surface area contributed by atoms with Gasteiger partial charge in [-0.3, -0.25) is 0 Å². The fraction of sp³-hybridized carbons (Fsp3) is 0.312. The van der Waals surface area contributed by atoms with Crippen LogP contribution in [-0.4, -0.2) is 32.8 Å². The van der Waals surface area contributed by atoms with Crippen LogP contribution in [0.5, 0.6) is 11.6 Å². The van der Waals surface area contributed by atoms with E-state index < -0.39 is 11.8 Å². The molecule has 0 saturated carbocycles. The standard InChI is InChI=1S/C16H16BrClN2O4/c1-2-3-6-24-14-13(16(22)23)19-12(20-15(14)21)7-9-4-5-10(18)8-11(9)17/h4-5,8H,2-3,6-7H2,1H3,(H,22,23)(H,19,20,21). The van der Waals surface area contributed by atoms with Crippen LogP contribution in [0, 0.1) is 0 Å². The van der Waals surface area contributed by atoms with Gasteiger partial charge in [0, 0.05) is 15.9 Å². The maximum absolute atomic E-state index is 11.4. The average Bonchev–Trinajstić information content (AvgIpc) is 2.51. The third-order valence-electron chi connectivity index (χ3n) is 3.20. The Morgan fingerprint density at radius 2 is 2.12 bits per heavy atom. The van der Waals surface area contributed by atoms with Crippen molar-refractivity contribution in [1.29, 1.82) is 0 Å². The minimum absolute atomic E-state index is 0.177. The van der Waals surface area contributed by atoms with Gasteiger partial charge in [-0.05, 0) is 24.1 Å². The normalized spacial score (nSPS) is 10.6. The first kappa shape index (κ1) is 18.5. The molecule has 0 radical (unpaired) electrons. The molecule has 24 heavy (non-hydrogen) atoms. The van der Waals surface area contributed by atoms with Gasteiger partial charge in [0.1, 0.15) is 5.82 Å². The van der Waals surface area contributed by atoms with Crippen LogP contribution in [0.4, 0.5) is 0 Å². The van der Waals surface area contributed by atoms with E-state index in [2.05, 4.69) is 25.9 Å². The van der Waals surface area contributed by atoms with E-state index in [1.54, 1.807) is 18.2 Å². The summed E-state index contributed by atoms with van der Waals surface area (Å²) in [6, 6.07) is 5.21. The van der Waals surface area contributed by atoms with Crippen LogP contribution < -0.4 is 4.74 Å². The summed E-state index contributed by atoms with van der Waals surface area (Å²) in [5, 5.41) is 19.9. The van der Waals surface area contributed by atoms with Gasteiger partial charge in [0.05, 0.1) is 6.61 Å². The number of aromatic carboxylic acids is 1. The molecule has 1 aromatic carbocycles. The van der Waals surface area contributed by atoms with Gasteiger partial charge in [0.15, 0.2) is 5.69 Å². The summed E-state index contributed by atoms with van der Waals surface area (Å²) in [5.41, 5.74) is 0.466. The maximum Gasteiger partial charge on any atom is 0.358 e. The average molecular weight is 416 g/mol. The molecule has 0 amide bonds. The lowest BCUT2D eigenvalue weighted by Gasteiger charge is -2.11. The number of unbranched alkanes of at least 4 members (excludes halogenated alkanes) is 1. The third-order valence-corrected chi connectivity index (χ3v) is 4.18. The van der Waals surface area contributed by atoms with Crippen molar-refractivity contribution >= 4 is 33.5 Å². The van der Waals surface area contributed by atoms with Crippen molar-refractivity contribution in [2.45, 2.75) is 26.2 Å². The molecule has 1 aromatic heterocycles. The summed E-state index contributed by atoms with van der Waals surface area (Å²) in [7, 11) is 0. The fourth-order valence-corrected chi connectivity index (χ4v) is 2.82. The van der Waals surface area contributed by atoms with Crippen LogP contribution in [0.3, 0.4) is 0 Å². The Hall–Kier alpha value is -1.86. The van der Waals surface area contributed by atoms with Crippen molar-refractivity contribution < 1.29 is 19.7 Å². The first-order valence-electron chi connectivity index (χ1n) is 7.32. The molecular weight excluding hydrogens is 400 g/mol. The number of carbonyl (C=O) groups is 1. The lowest BCUT2D eigenvalue weighted by Crippen LogP contribution is -2.11. The molecule has 2 aromatic rings. The molecule has 2 rings (SSSR count). The van der Waals surface area contributed by atoms with E-state index in [-0.39, 0.29) is 30.3 Å². The number of nitrogens with zero attached hydrogens (tertiary/aromatic N) is 2. The quantitative estimate of drug-likeness (QED) is 0.662. The Kier molecular flexibility index (Phi) is 6.39. The van der Waals surface area contributed by atoms with Gasteiger partial charge in [0.25, 0.3) is 5.88 Å². The fourth-order valence-electron chi connectivity index (χ4n) is 1.99. The summed E-state index contributed by atoms with van der Waals surface area (Å²) in [6.07, 6.45) is 1.85. The van der Waals surface area contributed by atoms with E-state index in [0.717, 1.165) is 22.9 Å². The van der Waals surface area contributed by atoms with E-state index >= 15 is 0 Å². The Morgan fingerprint density at radius 3 is 2.75 bits per heavy atom. The summed E-state index contributed by atoms with van der Waals surface area (Å²) < 4.78 is 6.08. The first-order chi connectivity index (χ1) is 11.4. The number of aromatic hydroxyl groups is 1. The van der Waals surface area contributed by atoms with Gasteiger partial charge in [-0.15, -0.1) is 0 Å². The first-order valence-corrected chi connectivity index (χ1v) is 8.49. The lowest BCUT2D eigenvalue weighted by molar-refractivity contribution is 0.0683. The molecule has 0 bridgehead atoms. The van der Waals surface area contributed by atoms with Crippen LogP contribution in [-0.2, 0) is 6.42 Å². The molecule has 0 aliphatic heterocycles. The van der Waals surface area contributed by atoms with Gasteiger partial charge in [-0.2, -0.15) is 4.98 Å². The zero-order valence-electron chi connectivity index (χ0n) is 12.9. The number of carboxylic acid groups (broad SMARTS) is 1. The molecule has 128 valence electrons. The molecule has 0 aliphatic carbocycles. The molecule has 0 fully saturated rings. The smallest absolute Gasteiger partial charge is 0.358 e. The second-order valence-electron chi connectivity index (χ2n) is 5.06. The van der Waals surface area contributed by atoms with Crippen LogP contribution in [0.2, 0.25) is 5.02 Å². The summed E-state index contributed by atoms with van der Waals surface area (Å²) in [6.45, 7) is 2.26. The van der Waals surface area contributed by atoms with E-state index in [0.29, 0.717) is 5.02 Å². The highest BCUT2D eigenvalue weighted by molar-refractivity contribution is 9.10. The second kappa shape index (κ2) is 8.30. The van der Waals surface area contributed by atoms with Crippen LogP contribution in [0.1, 0.15) is 41.6 Å². The Morgan fingerprint density at radius 1 is 1.38 bits per heavy atom. The highest BCUT2D eigenvalue weighted by Gasteiger charge is 2.21. The number of ether oxygens (including phenoxy) is 1. The number of carboxylic acids is 1.